The average Bonchev–Trinajstić information content (AvgIpc) is 2.66. The highest BCUT2D eigenvalue weighted by atomic mass is 16.5. The summed E-state index contributed by atoms with van der Waals surface area (Å²) in [4.78, 5) is 38.5. The van der Waals surface area contributed by atoms with Crippen molar-refractivity contribution in [2.45, 2.75) is 26.0 Å². The number of H-pyrrole nitrogens is 1. The number of hydrogen-bond donors (Lipinski definition) is 4. The largest absolute Gasteiger partial charge is 0.506 e. The third-order valence-corrected chi connectivity index (χ3v) is 4.39. The van der Waals surface area contributed by atoms with Crippen molar-refractivity contribution in [1.82, 2.24) is 10.3 Å². The Morgan fingerprint density at radius 2 is 1.83 bits per heavy atom. The van der Waals surface area contributed by atoms with Gasteiger partial charge in [-0.2, -0.15) is 0 Å². The number of aliphatic carboxylic acids is 1. The highest BCUT2D eigenvalue weighted by Gasteiger charge is 2.31. The molecule has 8 nitrogen and oxygen atoms in total. The minimum Gasteiger partial charge on any atom is -0.506 e. The van der Waals surface area contributed by atoms with Crippen molar-refractivity contribution in [3.8, 4) is 11.5 Å². The van der Waals surface area contributed by atoms with Crippen LogP contribution < -0.4 is 15.6 Å². The van der Waals surface area contributed by atoms with Gasteiger partial charge in [0.1, 0.15) is 29.2 Å². The van der Waals surface area contributed by atoms with Crippen molar-refractivity contribution in [2.24, 2.45) is 0 Å². The van der Waals surface area contributed by atoms with Crippen molar-refractivity contribution in [1.29, 1.82) is 0 Å². The fourth-order valence-electron chi connectivity index (χ4n) is 2.70. The van der Waals surface area contributed by atoms with E-state index in [1.807, 2.05) is 30.3 Å². The Morgan fingerprint density at radius 1 is 1.14 bits per heavy atom. The van der Waals surface area contributed by atoms with Crippen molar-refractivity contribution in [3.63, 3.8) is 0 Å². The Morgan fingerprint density at radius 3 is 2.48 bits per heavy atom. The Bertz CT molecular complexity index is 1140. The van der Waals surface area contributed by atoms with E-state index < -0.39 is 34.3 Å². The number of ether oxygens (including phenoxy) is 1. The van der Waals surface area contributed by atoms with E-state index >= 15 is 0 Å². The molecular weight excluding hydrogens is 376 g/mol. The van der Waals surface area contributed by atoms with Crippen LogP contribution in [0.25, 0.3) is 10.9 Å². The van der Waals surface area contributed by atoms with E-state index in [0.29, 0.717) is 12.4 Å². The first-order chi connectivity index (χ1) is 13.7. The average molecular weight is 396 g/mol. The predicted octanol–water partition coefficient (Wildman–Crippen LogP) is 2.41. The molecule has 0 fully saturated rings. The molecule has 2 aromatic carbocycles. The summed E-state index contributed by atoms with van der Waals surface area (Å²) in [6, 6.07) is 14.2. The monoisotopic (exact) mass is 396 g/mol. The summed E-state index contributed by atoms with van der Waals surface area (Å²) in [5.74, 6) is -2.32. The van der Waals surface area contributed by atoms with Crippen molar-refractivity contribution in [2.75, 3.05) is 0 Å². The fourth-order valence-corrected chi connectivity index (χ4v) is 2.70. The Kier molecular flexibility index (Phi) is 5.27. The van der Waals surface area contributed by atoms with E-state index in [0.717, 1.165) is 5.56 Å². The van der Waals surface area contributed by atoms with Crippen LogP contribution in [0.2, 0.25) is 0 Å². The minimum absolute atomic E-state index is 0.231. The zero-order valence-corrected chi connectivity index (χ0v) is 15.9. The molecule has 0 saturated heterocycles. The molecular formula is C21H20N2O6. The molecule has 8 heteroatoms. The lowest BCUT2D eigenvalue weighted by Crippen LogP contribution is -2.50. The molecule has 0 radical (unpaired) electrons. The quantitative estimate of drug-likeness (QED) is 0.506. The first-order valence-electron chi connectivity index (χ1n) is 8.80. The number of nitrogens with one attached hydrogen (secondary N) is 2. The van der Waals surface area contributed by atoms with E-state index in [1.165, 1.54) is 19.9 Å². The normalized spacial score (nSPS) is 11.2. The Hall–Kier alpha value is -3.81. The number of aromatic hydroxyl groups is 1. The van der Waals surface area contributed by atoms with Crippen molar-refractivity contribution in [3.05, 3.63) is 70.0 Å². The number of carboxylic acids is 1. The Labute approximate surface area is 165 Å². The van der Waals surface area contributed by atoms with Gasteiger partial charge in [0, 0.05) is 11.5 Å². The molecule has 0 saturated carbocycles. The first-order valence-corrected chi connectivity index (χ1v) is 8.80. The highest BCUT2D eigenvalue weighted by Crippen LogP contribution is 2.28. The number of carbonyl (C=O) groups excluding carboxylic acids is 1. The second-order valence-electron chi connectivity index (χ2n) is 7.04. The number of benzene rings is 2. The van der Waals surface area contributed by atoms with Crippen LogP contribution in [0, 0.1) is 0 Å². The van der Waals surface area contributed by atoms with Crippen LogP contribution in [-0.2, 0) is 11.4 Å². The predicted molar refractivity (Wildman–Crippen MR) is 106 cm³/mol. The number of carboxylic acid groups (broad SMARTS) is 1. The summed E-state index contributed by atoms with van der Waals surface area (Å²) in [6.45, 7) is 2.87. The molecule has 0 bridgehead atoms. The molecule has 0 aliphatic heterocycles. The van der Waals surface area contributed by atoms with Gasteiger partial charge in [-0.3, -0.25) is 9.59 Å². The van der Waals surface area contributed by atoms with E-state index in [2.05, 4.69) is 10.3 Å². The standard InChI is InChI=1S/C21H20N2O6/c1-21(2,20(27)28)23-19(26)16-17(24)14-9-8-13(10-15(14)22-18(16)25)29-11-12-6-4-3-5-7-12/h3-10H,11H2,1-2H3,(H,23,26)(H,27,28)(H2,22,24,25). The van der Waals surface area contributed by atoms with E-state index in [9.17, 15) is 19.5 Å². The van der Waals surface area contributed by atoms with Gasteiger partial charge in [0.05, 0.1) is 5.52 Å². The summed E-state index contributed by atoms with van der Waals surface area (Å²) in [7, 11) is 0. The molecule has 0 atom stereocenters. The maximum Gasteiger partial charge on any atom is 0.328 e. The summed E-state index contributed by atoms with van der Waals surface area (Å²) in [5, 5.41) is 22.1. The molecule has 0 aliphatic carbocycles. The van der Waals surface area contributed by atoms with Gasteiger partial charge >= 0.3 is 5.97 Å². The second kappa shape index (κ2) is 7.67. The summed E-state index contributed by atoms with van der Waals surface area (Å²) in [5.41, 5.74) is -1.75. The van der Waals surface area contributed by atoms with Crippen LogP contribution in [0.15, 0.2) is 53.3 Å². The topological polar surface area (TPSA) is 129 Å². The van der Waals surface area contributed by atoms with Crippen molar-refractivity contribution < 1.29 is 24.5 Å². The van der Waals surface area contributed by atoms with Gasteiger partial charge in [0.2, 0.25) is 0 Å². The molecule has 3 aromatic rings. The number of aromatic amines is 1. The lowest BCUT2D eigenvalue weighted by Gasteiger charge is -2.21. The molecule has 1 heterocycles. The number of carbonyl (C=O) groups is 2. The second-order valence-corrected chi connectivity index (χ2v) is 7.04. The smallest absolute Gasteiger partial charge is 0.328 e. The van der Waals surface area contributed by atoms with Gasteiger partial charge in [0.15, 0.2) is 0 Å². The van der Waals surface area contributed by atoms with Crippen LogP contribution in [0.4, 0.5) is 0 Å². The van der Waals surface area contributed by atoms with Crippen LogP contribution >= 0.6 is 0 Å². The third kappa shape index (κ3) is 4.21. The maximum absolute atomic E-state index is 12.4. The SMILES string of the molecule is CC(C)(NC(=O)c1c(O)c2ccc(OCc3ccccc3)cc2[nH]c1=O)C(=O)O. The molecule has 1 aromatic heterocycles. The lowest BCUT2D eigenvalue weighted by atomic mass is 10.0. The van der Waals surface area contributed by atoms with Crippen molar-refractivity contribution >= 4 is 22.8 Å². The highest BCUT2D eigenvalue weighted by molar-refractivity contribution is 6.03. The number of amides is 1. The van der Waals surface area contributed by atoms with E-state index in [1.54, 1.807) is 12.1 Å². The van der Waals surface area contributed by atoms with Crippen LogP contribution in [0.5, 0.6) is 11.5 Å². The van der Waals surface area contributed by atoms with Gasteiger partial charge in [0.25, 0.3) is 11.5 Å². The molecule has 0 unspecified atom stereocenters. The van der Waals surface area contributed by atoms with Crippen LogP contribution in [-0.4, -0.2) is 32.6 Å². The number of aromatic nitrogens is 1. The molecule has 0 aliphatic rings. The molecule has 1 amide bonds. The third-order valence-electron chi connectivity index (χ3n) is 4.39. The van der Waals surface area contributed by atoms with Gasteiger partial charge in [-0.25, -0.2) is 4.79 Å². The molecule has 3 rings (SSSR count). The lowest BCUT2D eigenvalue weighted by molar-refractivity contribution is -0.143. The Balaban J connectivity index is 1.90. The zero-order valence-electron chi connectivity index (χ0n) is 15.9. The molecule has 150 valence electrons. The van der Waals surface area contributed by atoms with Crippen LogP contribution in [0.1, 0.15) is 29.8 Å². The molecule has 29 heavy (non-hydrogen) atoms. The number of hydrogen-bond acceptors (Lipinski definition) is 5. The maximum atomic E-state index is 12.4. The molecule has 4 N–H and O–H groups in total. The molecule has 0 spiro atoms. The van der Waals surface area contributed by atoms with E-state index in [-0.39, 0.29) is 10.9 Å². The van der Waals surface area contributed by atoms with Gasteiger partial charge < -0.3 is 25.3 Å². The summed E-state index contributed by atoms with van der Waals surface area (Å²) < 4.78 is 5.70. The number of rotatable bonds is 6. The summed E-state index contributed by atoms with van der Waals surface area (Å²) >= 11 is 0. The van der Waals surface area contributed by atoms with Gasteiger partial charge in [-0.05, 0) is 31.5 Å². The first kappa shape index (κ1) is 19.9. The van der Waals surface area contributed by atoms with Gasteiger partial charge in [-0.15, -0.1) is 0 Å². The zero-order chi connectivity index (χ0) is 21.2. The minimum atomic E-state index is -1.61. The fraction of sp³-hybridized carbons (Fsp3) is 0.190. The van der Waals surface area contributed by atoms with Gasteiger partial charge in [-0.1, -0.05) is 30.3 Å². The summed E-state index contributed by atoms with van der Waals surface area (Å²) in [6.07, 6.45) is 0. The van der Waals surface area contributed by atoms with Crippen LogP contribution in [0.3, 0.4) is 0 Å². The number of pyridine rings is 1. The van der Waals surface area contributed by atoms with E-state index in [4.69, 9.17) is 9.84 Å². The number of fused-ring (bicyclic) bond motifs is 1.